The first-order valence-corrected chi connectivity index (χ1v) is 10.4. The highest BCUT2D eigenvalue weighted by molar-refractivity contribution is 7.22. The summed E-state index contributed by atoms with van der Waals surface area (Å²) in [6, 6.07) is 10.4. The number of nitrogens with zero attached hydrogens (tertiary/aromatic N) is 3. The Balaban J connectivity index is 1.38. The third-order valence-electron chi connectivity index (χ3n) is 4.47. The van der Waals surface area contributed by atoms with E-state index in [1.807, 2.05) is 0 Å². The predicted molar refractivity (Wildman–Crippen MR) is 122 cm³/mol. The van der Waals surface area contributed by atoms with E-state index in [1.165, 1.54) is 42.6 Å². The molecule has 4 N–H and O–H groups in total. The van der Waals surface area contributed by atoms with Gasteiger partial charge < -0.3 is 15.8 Å². The number of fused-ring (bicyclic) bond motifs is 1. The Morgan fingerprint density at radius 2 is 1.97 bits per heavy atom. The van der Waals surface area contributed by atoms with E-state index in [-0.39, 0.29) is 34.6 Å². The van der Waals surface area contributed by atoms with E-state index in [0.29, 0.717) is 15.8 Å². The quantitative estimate of drug-likeness (QED) is 0.264. The summed E-state index contributed by atoms with van der Waals surface area (Å²) in [5, 5.41) is 15.9. The number of anilines is 2. The highest BCUT2D eigenvalue weighted by Gasteiger charge is 2.14. The number of carbonyl (C=O) groups is 2. The molecule has 0 spiro atoms. The number of benzene rings is 2. The smallest absolute Gasteiger partial charge is 0.325 e. The van der Waals surface area contributed by atoms with Gasteiger partial charge in [0.05, 0.1) is 20.8 Å². The molecule has 0 aliphatic heterocycles. The van der Waals surface area contributed by atoms with Crippen LogP contribution in [0.1, 0.15) is 16.1 Å². The molecule has 34 heavy (non-hydrogen) atoms. The molecular formula is C21H15FN6O5S. The number of primary amides is 1. The first-order valence-electron chi connectivity index (χ1n) is 9.58. The van der Waals surface area contributed by atoms with Crippen LogP contribution in [0.4, 0.5) is 25.7 Å². The number of aromatic nitrogens is 2. The first-order chi connectivity index (χ1) is 16.3. The number of nitro benzene ring substituents is 1. The van der Waals surface area contributed by atoms with Gasteiger partial charge in [-0.1, -0.05) is 11.3 Å². The summed E-state index contributed by atoms with van der Waals surface area (Å²) in [7, 11) is 0. The molecule has 0 saturated heterocycles. The lowest BCUT2D eigenvalue weighted by molar-refractivity contribution is -0.384. The van der Waals surface area contributed by atoms with Crippen LogP contribution in [0, 0.1) is 15.9 Å². The van der Waals surface area contributed by atoms with Gasteiger partial charge in [0.1, 0.15) is 23.9 Å². The van der Waals surface area contributed by atoms with E-state index in [0.717, 1.165) is 17.4 Å². The van der Waals surface area contributed by atoms with Gasteiger partial charge in [0.25, 0.3) is 11.6 Å². The second-order valence-electron chi connectivity index (χ2n) is 6.85. The second-order valence-corrected chi connectivity index (χ2v) is 7.88. The number of nitro groups is 1. The maximum Gasteiger partial charge on any atom is 0.325 e. The summed E-state index contributed by atoms with van der Waals surface area (Å²) in [5.74, 6) is -1.21. The van der Waals surface area contributed by atoms with Gasteiger partial charge in [-0.3, -0.25) is 25.2 Å². The van der Waals surface area contributed by atoms with Crippen molar-refractivity contribution in [3.05, 3.63) is 81.9 Å². The van der Waals surface area contributed by atoms with Crippen LogP contribution in [-0.2, 0) is 6.61 Å². The molecule has 0 atom stereocenters. The number of hydrogen-bond donors (Lipinski definition) is 3. The van der Waals surface area contributed by atoms with E-state index < -0.39 is 22.7 Å². The molecular weight excluding hydrogens is 467 g/mol. The number of pyridine rings is 1. The molecule has 0 aliphatic rings. The molecule has 11 nitrogen and oxygen atoms in total. The van der Waals surface area contributed by atoms with Crippen molar-refractivity contribution in [2.45, 2.75) is 6.61 Å². The van der Waals surface area contributed by atoms with Crippen molar-refractivity contribution < 1.29 is 23.6 Å². The van der Waals surface area contributed by atoms with E-state index in [4.69, 9.17) is 10.5 Å². The number of non-ortho nitro benzene ring substituents is 1. The molecule has 2 aromatic heterocycles. The van der Waals surface area contributed by atoms with Gasteiger partial charge in [-0.2, -0.15) is 0 Å². The van der Waals surface area contributed by atoms with Crippen molar-refractivity contribution in [1.82, 2.24) is 9.97 Å². The molecule has 0 bridgehead atoms. The fraction of sp³-hybridized carbons (Fsp3) is 0.0476. The van der Waals surface area contributed by atoms with Crippen molar-refractivity contribution >= 4 is 50.0 Å². The number of thiazole rings is 1. The third-order valence-corrected chi connectivity index (χ3v) is 5.41. The minimum Gasteiger partial charge on any atom is -0.489 e. The summed E-state index contributed by atoms with van der Waals surface area (Å²) < 4.78 is 20.5. The highest BCUT2D eigenvalue weighted by Crippen LogP contribution is 2.29. The third kappa shape index (κ3) is 5.21. The molecule has 0 fully saturated rings. The molecule has 13 heteroatoms. The lowest BCUT2D eigenvalue weighted by Crippen LogP contribution is -2.20. The molecule has 0 saturated carbocycles. The molecule has 172 valence electrons. The summed E-state index contributed by atoms with van der Waals surface area (Å²) >= 11 is 1.05. The van der Waals surface area contributed by atoms with Gasteiger partial charge in [-0.05, 0) is 35.9 Å². The van der Waals surface area contributed by atoms with Crippen LogP contribution in [0.3, 0.4) is 0 Å². The molecule has 2 aromatic carbocycles. The highest BCUT2D eigenvalue weighted by atomic mass is 32.1. The summed E-state index contributed by atoms with van der Waals surface area (Å²) in [6.07, 6.45) is 1.41. The Kier molecular flexibility index (Phi) is 6.27. The standard InChI is InChI=1S/C21H15FN6O5S/c22-14-9-13(33-10-11-5-6-24-17(7-11)19(23)29)2-4-15(14)25-20(30)27-21-26-16-3-1-12(28(31)32)8-18(16)34-21/h1-9H,10H2,(H2,23,29)(H2,25,26,27,30). The molecule has 0 radical (unpaired) electrons. The monoisotopic (exact) mass is 482 g/mol. The van der Waals surface area contributed by atoms with Gasteiger partial charge in [0, 0.05) is 24.4 Å². The summed E-state index contributed by atoms with van der Waals surface area (Å²) in [6.45, 7) is 0.0469. The fourth-order valence-corrected chi connectivity index (χ4v) is 3.78. The molecule has 4 rings (SSSR count). The summed E-state index contributed by atoms with van der Waals surface area (Å²) in [4.78, 5) is 41.8. The normalized spacial score (nSPS) is 10.6. The second kappa shape index (κ2) is 9.46. The number of nitrogens with two attached hydrogens (primary N) is 1. The van der Waals surface area contributed by atoms with Crippen LogP contribution >= 0.6 is 11.3 Å². The van der Waals surface area contributed by atoms with Crippen molar-refractivity contribution in [2.75, 3.05) is 10.6 Å². The Morgan fingerprint density at radius 3 is 2.71 bits per heavy atom. The number of hydrogen-bond acceptors (Lipinski definition) is 8. The zero-order valence-electron chi connectivity index (χ0n) is 17.1. The maximum absolute atomic E-state index is 14.5. The molecule has 0 unspecified atom stereocenters. The van der Waals surface area contributed by atoms with E-state index >= 15 is 0 Å². The zero-order valence-corrected chi connectivity index (χ0v) is 18.0. The Morgan fingerprint density at radius 1 is 1.15 bits per heavy atom. The van der Waals surface area contributed by atoms with E-state index in [1.54, 1.807) is 6.07 Å². The van der Waals surface area contributed by atoms with Crippen LogP contribution in [0.25, 0.3) is 10.2 Å². The van der Waals surface area contributed by atoms with Crippen molar-refractivity contribution in [1.29, 1.82) is 0 Å². The first kappa shape index (κ1) is 22.5. The van der Waals surface area contributed by atoms with Gasteiger partial charge in [0.15, 0.2) is 5.13 Å². The number of halogens is 1. The zero-order chi connectivity index (χ0) is 24.2. The van der Waals surface area contributed by atoms with Gasteiger partial charge >= 0.3 is 6.03 Å². The average molecular weight is 482 g/mol. The minimum absolute atomic E-state index is 0.0469. The fourth-order valence-electron chi connectivity index (χ4n) is 2.88. The SMILES string of the molecule is NC(=O)c1cc(COc2ccc(NC(=O)Nc3nc4ccc([N+](=O)[O-])cc4s3)c(F)c2)ccn1. The molecule has 4 aromatic rings. The average Bonchev–Trinajstić information content (AvgIpc) is 3.20. The van der Waals surface area contributed by atoms with Crippen LogP contribution in [0.5, 0.6) is 5.75 Å². The van der Waals surface area contributed by atoms with Crippen LogP contribution in [0.15, 0.2) is 54.7 Å². The van der Waals surface area contributed by atoms with Gasteiger partial charge in [-0.15, -0.1) is 0 Å². The number of ether oxygens (including phenoxy) is 1. The van der Waals surface area contributed by atoms with Crippen molar-refractivity contribution in [3.8, 4) is 5.75 Å². The lowest BCUT2D eigenvalue weighted by Gasteiger charge is -2.10. The number of carbonyl (C=O) groups excluding carboxylic acids is 2. The topological polar surface area (TPSA) is 162 Å². The largest absolute Gasteiger partial charge is 0.489 e. The number of nitrogens with one attached hydrogen (secondary N) is 2. The van der Waals surface area contributed by atoms with E-state index in [9.17, 15) is 24.1 Å². The maximum atomic E-state index is 14.5. The van der Waals surface area contributed by atoms with Gasteiger partial charge in [-0.25, -0.2) is 14.2 Å². The predicted octanol–water partition coefficient (Wildman–Crippen LogP) is 4.06. The Labute approximate surface area is 194 Å². The van der Waals surface area contributed by atoms with Crippen LogP contribution in [0.2, 0.25) is 0 Å². The number of rotatable bonds is 7. The van der Waals surface area contributed by atoms with Crippen molar-refractivity contribution in [2.24, 2.45) is 5.73 Å². The van der Waals surface area contributed by atoms with Gasteiger partial charge in [0.2, 0.25) is 0 Å². The Hall–Kier alpha value is -4.65. The molecule has 3 amide bonds. The molecule has 2 heterocycles. The van der Waals surface area contributed by atoms with Crippen LogP contribution in [-0.4, -0.2) is 26.8 Å². The van der Waals surface area contributed by atoms with E-state index in [2.05, 4.69) is 20.6 Å². The molecule has 0 aliphatic carbocycles. The van der Waals surface area contributed by atoms with Crippen molar-refractivity contribution in [3.63, 3.8) is 0 Å². The Bertz CT molecular complexity index is 1430. The number of urea groups is 1. The number of amides is 3. The minimum atomic E-state index is -0.739. The summed E-state index contributed by atoms with van der Waals surface area (Å²) in [5.41, 5.74) is 6.19. The lowest BCUT2D eigenvalue weighted by atomic mass is 10.2. The van der Waals surface area contributed by atoms with Crippen LogP contribution < -0.4 is 21.1 Å².